The summed E-state index contributed by atoms with van der Waals surface area (Å²) in [5, 5.41) is 10.2. The highest BCUT2D eigenvalue weighted by atomic mass is 16.1. The van der Waals surface area contributed by atoms with E-state index in [1.54, 1.807) is 6.92 Å². The monoisotopic (exact) mass is 128 g/mol. The van der Waals surface area contributed by atoms with E-state index in [2.05, 4.69) is 5.32 Å². The van der Waals surface area contributed by atoms with Crippen LogP contribution in [0.25, 0.3) is 0 Å². The molecule has 3 nitrogen and oxygen atoms in total. The van der Waals surface area contributed by atoms with Gasteiger partial charge < -0.3 is 5.32 Å². The van der Waals surface area contributed by atoms with Crippen LogP contribution >= 0.6 is 0 Å². The maximum absolute atomic E-state index is 9.51. The maximum Gasteiger partial charge on any atom is 0.208 e. The van der Waals surface area contributed by atoms with E-state index in [0.717, 1.165) is 0 Å². The lowest BCUT2D eigenvalue weighted by molar-refractivity contribution is -0.109. The number of carbonyl (C=O) groups excluding carboxylic acids is 1. The molecule has 9 heavy (non-hydrogen) atoms. The molecule has 0 spiro atoms. The van der Waals surface area contributed by atoms with Crippen LogP contribution in [0.3, 0.4) is 0 Å². The van der Waals surface area contributed by atoms with Gasteiger partial charge in [0.25, 0.3) is 0 Å². The summed E-state index contributed by atoms with van der Waals surface area (Å²) in [6.07, 6.45) is 0.508. The molecule has 0 aliphatic rings. The summed E-state index contributed by atoms with van der Waals surface area (Å²) in [4.78, 5) is 9.51. The van der Waals surface area contributed by atoms with Crippen molar-refractivity contribution in [2.45, 2.75) is 26.8 Å². The first-order valence-electron chi connectivity index (χ1n) is 2.90. The van der Waals surface area contributed by atoms with E-state index in [9.17, 15) is 4.79 Å². The molecule has 0 rings (SSSR count). The van der Waals surface area contributed by atoms with Gasteiger partial charge in [-0.3, -0.25) is 4.79 Å². The SMILES string of the molecule is CC.C[C@@H](C#N)NC=O. The molecule has 1 atom stereocenters. The van der Waals surface area contributed by atoms with Gasteiger partial charge in [-0.1, -0.05) is 13.8 Å². The Kier molecular flexibility index (Phi) is 12.1. The van der Waals surface area contributed by atoms with E-state index in [1.807, 2.05) is 19.9 Å². The van der Waals surface area contributed by atoms with Crippen molar-refractivity contribution < 1.29 is 4.79 Å². The average Bonchev–Trinajstić information content (AvgIpc) is 1.93. The molecule has 0 radical (unpaired) electrons. The number of carbonyl (C=O) groups is 1. The zero-order valence-corrected chi connectivity index (χ0v) is 6.01. The van der Waals surface area contributed by atoms with Crippen LogP contribution in [-0.2, 0) is 4.79 Å². The lowest BCUT2D eigenvalue weighted by Gasteiger charge is -1.93. The highest BCUT2D eigenvalue weighted by Crippen LogP contribution is 1.68. The van der Waals surface area contributed by atoms with Crippen molar-refractivity contribution in [1.82, 2.24) is 5.32 Å². The number of amides is 1. The highest BCUT2D eigenvalue weighted by molar-refractivity contribution is 5.47. The molecule has 0 saturated carbocycles. The molecule has 0 unspecified atom stereocenters. The Hall–Kier alpha value is -1.04. The Balaban J connectivity index is 0. The van der Waals surface area contributed by atoms with Gasteiger partial charge in [0, 0.05) is 0 Å². The third kappa shape index (κ3) is 10.9. The minimum atomic E-state index is -0.363. The second-order valence-corrected chi connectivity index (χ2v) is 1.14. The van der Waals surface area contributed by atoms with Crippen molar-refractivity contribution in [3.63, 3.8) is 0 Å². The van der Waals surface area contributed by atoms with Crippen LogP contribution in [0.15, 0.2) is 0 Å². The fraction of sp³-hybridized carbons (Fsp3) is 0.667. The molecule has 0 saturated heterocycles. The molecule has 0 bridgehead atoms. The van der Waals surface area contributed by atoms with Crippen LogP contribution in [0.4, 0.5) is 0 Å². The predicted octanol–water partition coefficient (Wildman–Crippen LogP) is 0.671. The van der Waals surface area contributed by atoms with Crippen LogP contribution < -0.4 is 5.32 Å². The zero-order chi connectivity index (χ0) is 7.70. The summed E-state index contributed by atoms with van der Waals surface area (Å²) >= 11 is 0. The van der Waals surface area contributed by atoms with Gasteiger partial charge in [-0.05, 0) is 6.92 Å². The number of rotatable bonds is 2. The molecule has 0 aromatic rings. The Morgan fingerprint density at radius 3 is 2.22 bits per heavy atom. The van der Waals surface area contributed by atoms with E-state index in [0.29, 0.717) is 6.41 Å². The van der Waals surface area contributed by atoms with Gasteiger partial charge in [0.05, 0.1) is 6.07 Å². The van der Waals surface area contributed by atoms with Gasteiger partial charge in [-0.15, -0.1) is 0 Å². The second kappa shape index (κ2) is 10.0. The average molecular weight is 128 g/mol. The van der Waals surface area contributed by atoms with Gasteiger partial charge in [-0.25, -0.2) is 0 Å². The second-order valence-electron chi connectivity index (χ2n) is 1.14. The van der Waals surface area contributed by atoms with Crippen LogP contribution in [0.5, 0.6) is 0 Å². The van der Waals surface area contributed by atoms with Crippen molar-refractivity contribution in [2.75, 3.05) is 0 Å². The number of hydrogen-bond donors (Lipinski definition) is 1. The van der Waals surface area contributed by atoms with E-state index < -0.39 is 0 Å². The van der Waals surface area contributed by atoms with Gasteiger partial charge in [-0.2, -0.15) is 5.26 Å². The normalized spacial score (nSPS) is 9.56. The van der Waals surface area contributed by atoms with Gasteiger partial charge >= 0.3 is 0 Å². The lowest BCUT2D eigenvalue weighted by atomic mass is 10.4. The number of nitriles is 1. The summed E-state index contributed by atoms with van der Waals surface area (Å²) in [6.45, 7) is 5.61. The molecule has 52 valence electrons. The molecule has 0 heterocycles. The summed E-state index contributed by atoms with van der Waals surface area (Å²) in [6, 6.07) is 1.46. The predicted molar refractivity (Wildman–Crippen MR) is 35.6 cm³/mol. The van der Waals surface area contributed by atoms with Gasteiger partial charge in [0.2, 0.25) is 6.41 Å². The zero-order valence-electron chi connectivity index (χ0n) is 6.01. The largest absolute Gasteiger partial charge is 0.343 e. The van der Waals surface area contributed by atoms with E-state index >= 15 is 0 Å². The lowest BCUT2D eigenvalue weighted by Crippen LogP contribution is -2.21. The van der Waals surface area contributed by atoms with Gasteiger partial charge in [0.15, 0.2) is 0 Å². The maximum atomic E-state index is 9.51. The Labute approximate surface area is 55.7 Å². The number of nitrogens with one attached hydrogen (secondary N) is 1. The molecule has 0 aromatic heterocycles. The molecular formula is C6H12N2O. The van der Waals surface area contributed by atoms with Crippen LogP contribution in [0, 0.1) is 11.3 Å². The smallest absolute Gasteiger partial charge is 0.208 e. The molecular weight excluding hydrogens is 116 g/mol. The first-order valence-corrected chi connectivity index (χ1v) is 2.90. The van der Waals surface area contributed by atoms with E-state index in [1.165, 1.54) is 0 Å². The molecule has 0 aliphatic heterocycles. The van der Waals surface area contributed by atoms with Crippen molar-refractivity contribution >= 4 is 6.41 Å². The van der Waals surface area contributed by atoms with Crippen LogP contribution in [0.1, 0.15) is 20.8 Å². The van der Waals surface area contributed by atoms with Crippen molar-refractivity contribution in [3.8, 4) is 6.07 Å². The fourth-order valence-corrected chi connectivity index (χ4v) is 0.139. The van der Waals surface area contributed by atoms with Crippen molar-refractivity contribution in [3.05, 3.63) is 0 Å². The minimum Gasteiger partial charge on any atom is -0.343 e. The van der Waals surface area contributed by atoms with Crippen LogP contribution in [-0.4, -0.2) is 12.5 Å². The number of nitrogens with zero attached hydrogens (tertiary/aromatic N) is 1. The minimum absolute atomic E-state index is 0.363. The molecule has 0 aromatic carbocycles. The Bertz CT molecular complexity index is 95.7. The first kappa shape index (κ1) is 10.9. The van der Waals surface area contributed by atoms with Crippen molar-refractivity contribution in [1.29, 1.82) is 5.26 Å². The fourth-order valence-electron chi connectivity index (χ4n) is 0.139. The standard InChI is InChI=1S/C4H6N2O.C2H6/c1-4(2-5)6-3-7;1-2/h3-4H,1H3,(H,6,7);1-2H3/t4-;/m0./s1. The molecule has 0 fully saturated rings. The highest BCUT2D eigenvalue weighted by Gasteiger charge is 1.89. The third-order valence-corrected chi connectivity index (χ3v) is 0.512. The van der Waals surface area contributed by atoms with Crippen LogP contribution in [0.2, 0.25) is 0 Å². The topological polar surface area (TPSA) is 52.9 Å². The molecule has 0 aliphatic carbocycles. The Morgan fingerprint density at radius 1 is 1.67 bits per heavy atom. The quantitative estimate of drug-likeness (QED) is 0.556. The first-order chi connectivity index (χ1) is 4.31. The van der Waals surface area contributed by atoms with Crippen molar-refractivity contribution in [2.24, 2.45) is 0 Å². The number of hydrogen-bond acceptors (Lipinski definition) is 2. The van der Waals surface area contributed by atoms with E-state index in [-0.39, 0.29) is 6.04 Å². The molecule has 1 amide bonds. The summed E-state index contributed by atoms with van der Waals surface area (Å²) in [5.41, 5.74) is 0. The summed E-state index contributed by atoms with van der Waals surface area (Å²) < 4.78 is 0. The van der Waals surface area contributed by atoms with Gasteiger partial charge in [0.1, 0.15) is 6.04 Å². The Morgan fingerprint density at radius 2 is 2.11 bits per heavy atom. The summed E-state index contributed by atoms with van der Waals surface area (Å²) in [5.74, 6) is 0. The molecule has 3 heteroatoms. The van der Waals surface area contributed by atoms with E-state index in [4.69, 9.17) is 5.26 Å². The third-order valence-electron chi connectivity index (χ3n) is 0.512. The molecule has 1 N–H and O–H groups in total. The summed E-state index contributed by atoms with van der Waals surface area (Å²) in [7, 11) is 0.